The Labute approximate surface area is 170 Å². The predicted octanol–water partition coefficient (Wildman–Crippen LogP) is 3.37. The lowest BCUT2D eigenvalue weighted by atomic mass is 9.78. The van der Waals surface area contributed by atoms with Gasteiger partial charge in [0.05, 0.1) is 13.2 Å². The van der Waals surface area contributed by atoms with Crippen molar-refractivity contribution in [3.05, 3.63) is 60.2 Å². The Balaban J connectivity index is 1.34. The highest BCUT2D eigenvalue weighted by Crippen LogP contribution is 2.35. The third-order valence-corrected chi connectivity index (χ3v) is 5.85. The lowest BCUT2D eigenvalue weighted by molar-refractivity contribution is 0.0242. The van der Waals surface area contributed by atoms with Crippen molar-refractivity contribution in [2.24, 2.45) is 5.41 Å². The van der Waals surface area contributed by atoms with E-state index in [0.29, 0.717) is 18.8 Å². The van der Waals surface area contributed by atoms with E-state index in [1.807, 2.05) is 17.2 Å². The average Bonchev–Trinajstić information content (AvgIpc) is 2.93. The standard InChI is InChI=1S/C22H27FN4O2/c23-19-3-5-20(6-4-19)25-21(28)27-10-7-22(8-11-27)16-26(12-13-29-17-22)15-18-2-1-9-24-14-18/h1-6,9,14H,7-8,10-13,15-17H2,(H,25,28). The van der Waals surface area contributed by atoms with Gasteiger partial charge in [0.25, 0.3) is 0 Å². The molecule has 2 saturated heterocycles. The SMILES string of the molecule is O=C(Nc1ccc(F)cc1)N1CCC2(CC1)COCCN(Cc1cccnc1)C2. The number of hydrogen-bond donors (Lipinski definition) is 1. The fourth-order valence-corrected chi connectivity index (χ4v) is 4.19. The molecule has 0 bridgehead atoms. The quantitative estimate of drug-likeness (QED) is 0.861. The molecule has 2 aromatic rings. The van der Waals surface area contributed by atoms with E-state index in [-0.39, 0.29) is 17.3 Å². The Kier molecular flexibility index (Phi) is 6.06. The molecule has 2 amide bonds. The summed E-state index contributed by atoms with van der Waals surface area (Å²) >= 11 is 0. The van der Waals surface area contributed by atoms with Crippen LogP contribution in [-0.2, 0) is 11.3 Å². The molecule has 3 heterocycles. The highest BCUT2D eigenvalue weighted by atomic mass is 19.1. The number of nitrogens with zero attached hydrogens (tertiary/aromatic N) is 3. The molecule has 0 saturated carbocycles. The number of rotatable bonds is 3. The number of benzene rings is 1. The van der Waals surface area contributed by atoms with Crippen LogP contribution in [0.25, 0.3) is 0 Å². The first-order valence-electron chi connectivity index (χ1n) is 10.1. The molecule has 1 N–H and O–H groups in total. The van der Waals surface area contributed by atoms with Gasteiger partial charge in [-0.1, -0.05) is 6.07 Å². The molecule has 1 aromatic heterocycles. The molecule has 4 rings (SSSR count). The minimum atomic E-state index is -0.313. The third-order valence-electron chi connectivity index (χ3n) is 5.85. The molecule has 2 fully saturated rings. The van der Waals surface area contributed by atoms with E-state index in [4.69, 9.17) is 4.74 Å². The topological polar surface area (TPSA) is 57.7 Å². The summed E-state index contributed by atoms with van der Waals surface area (Å²) in [5.74, 6) is -0.313. The van der Waals surface area contributed by atoms with Crippen molar-refractivity contribution in [2.75, 3.05) is 44.7 Å². The largest absolute Gasteiger partial charge is 0.379 e. The molecule has 2 aliphatic heterocycles. The smallest absolute Gasteiger partial charge is 0.321 e. The second-order valence-electron chi connectivity index (χ2n) is 8.05. The molecule has 6 nitrogen and oxygen atoms in total. The van der Waals surface area contributed by atoms with E-state index < -0.39 is 0 Å². The first-order chi connectivity index (χ1) is 14.1. The molecule has 0 atom stereocenters. The Morgan fingerprint density at radius 1 is 1.17 bits per heavy atom. The van der Waals surface area contributed by atoms with Gasteiger partial charge in [0, 0.05) is 56.2 Å². The van der Waals surface area contributed by atoms with Gasteiger partial charge in [0.15, 0.2) is 0 Å². The summed E-state index contributed by atoms with van der Waals surface area (Å²) in [5.41, 5.74) is 1.89. The summed E-state index contributed by atoms with van der Waals surface area (Å²) in [6.45, 7) is 5.60. The van der Waals surface area contributed by atoms with E-state index in [2.05, 4.69) is 21.3 Å². The van der Waals surface area contributed by atoms with Crippen LogP contribution in [0.2, 0.25) is 0 Å². The fourth-order valence-electron chi connectivity index (χ4n) is 4.19. The number of anilines is 1. The van der Waals surface area contributed by atoms with Gasteiger partial charge in [-0.15, -0.1) is 0 Å². The van der Waals surface area contributed by atoms with Crippen LogP contribution < -0.4 is 5.32 Å². The average molecular weight is 398 g/mol. The van der Waals surface area contributed by atoms with Crippen LogP contribution in [0, 0.1) is 11.2 Å². The van der Waals surface area contributed by atoms with Crippen LogP contribution in [0.4, 0.5) is 14.9 Å². The van der Waals surface area contributed by atoms with Crippen molar-refractivity contribution in [1.82, 2.24) is 14.8 Å². The van der Waals surface area contributed by atoms with Gasteiger partial charge in [0.1, 0.15) is 5.82 Å². The monoisotopic (exact) mass is 398 g/mol. The van der Waals surface area contributed by atoms with E-state index in [0.717, 1.165) is 45.7 Å². The predicted molar refractivity (Wildman–Crippen MR) is 109 cm³/mol. The van der Waals surface area contributed by atoms with E-state index in [1.54, 1.807) is 18.3 Å². The first-order valence-corrected chi connectivity index (χ1v) is 10.1. The lowest BCUT2D eigenvalue weighted by Crippen LogP contribution is -2.49. The summed E-state index contributed by atoms with van der Waals surface area (Å²) in [6, 6.07) is 9.79. The summed E-state index contributed by atoms with van der Waals surface area (Å²) < 4.78 is 19.0. The van der Waals surface area contributed by atoms with E-state index in [9.17, 15) is 9.18 Å². The molecule has 0 unspecified atom stereocenters. The van der Waals surface area contributed by atoms with Crippen molar-refractivity contribution >= 4 is 11.7 Å². The summed E-state index contributed by atoms with van der Waals surface area (Å²) in [7, 11) is 0. The number of nitrogens with one attached hydrogen (secondary N) is 1. The third kappa shape index (κ3) is 5.10. The minimum Gasteiger partial charge on any atom is -0.379 e. The van der Waals surface area contributed by atoms with Crippen molar-refractivity contribution in [1.29, 1.82) is 0 Å². The molecular formula is C22H27FN4O2. The number of pyridine rings is 1. The van der Waals surface area contributed by atoms with Crippen molar-refractivity contribution in [3.8, 4) is 0 Å². The van der Waals surface area contributed by atoms with Crippen molar-refractivity contribution in [3.63, 3.8) is 0 Å². The molecule has 1 aromatic carbocycles. The van der Waals surface area contributed by atoms with Crippen LogP contribution in [0.5, 0.6) is 0 Å². The normalized spacial score (nSPS) is 19.7. The van der Waals surface area contributed by atoms with Gasteiger partial charge in [-0.2, -0.15) is 0 Å². The zero-order valence-electron chi connectivity index (χ0n) is 16.5. The van der Waals surface area contributed by atoms with Crippen LogP contribution in [0.15, 0.2) is 48.8 Å². The second-order valence-corrected chi connectivity index (χ2v) is 8.05. The van der Waals surface area contributed by atoms with Crippen LogP contribution in [-0.4, -0.2) is 60.2 Å². The molecule has 154 valence electrons. The maximum Gasteiger partial charge on any atom is 0.321 e. The number of carbonyl (C=O) groups is 1. The molecule has 0 radical (unpaired) electrons. The minimum absolute atomic E-state index is 0.0748. The number of amides is 2. The summed E-state index contributed by atoms with van der Waals surface area (Å²) in [4.78, 5) is 21.1. The zero-order valence-corrected chi connectivity index (χ0v) is 16.5. The maximum atomic E-state index is 13.0. The second kappa shape index (κ2) is 8.88. The lowest BCUT2D eigenvalue weighted by Gasteiger charge is -2.42. The number of urea groups is 1. The summed E-state index contributed by atoms with van der Waals surface area (Å²) in [5, 5.41) is 2.86. The molecule has 7 heteroatoms. The Hall–Kier alpha value is -2.51. The Morgan fingerprint density at radius 3 is 2.69 bits per heavy atom. The van der Waals surface area contributed by atoms with E-state index in [1.165, 1.54) is 17.7 Å². The fraction of sp³-hybridized carbons (Fsp3) is 0.455. The molecule has 2 aliphatic rings. The molecular weight excluding hydrogens is 371 g/mol. The molecule has 1 spiro atoms. The number of likely N-dealkylation sites (tertiary alicyclic amines) is 1. The number of aromatic nitrogens is 1. The number of hydrogen-bond acceptors (Lipinski definition) is 4. The number of piperidine rings is 1. The number of halogens is 1. The van der Waals surface area contributed by atoms with Crippen molar-refractivity contribution in [2.45, 2.75) is 19.4 Å². The summed E-state index contributed by atoms with van der Waals surface area (Å²) in [6.07, 6.45) is 5.53. The first kappa shape index (κ1) is 19.8. The zero-order chi connectivity index (χ0) is 20.1. The number of ether oxygens (including phenoxy) is 1. The van der Waals surface area contributed by atoms with Crippen LogP contribution in [0.3, 0.4) is 0 Å². The number of carbonyl (C=O) groups excluding carboxylic acids is 1. The van der Waals surface area contributed by atoms with Gasteiger partial charge in [-0.05, 0) is 48.7 Å². The van der Waals surface area contributed by atoms with Crippen molar-refractivity contribution < 1.29 is 13.9 Å². The van der Waals surface area contributed by atoms with Gasteiger partial charge in [-0.3, -0.25) is 9.88 Å². The Bertz CT molecular complexity index is 807. The van der Waals surface area contributed by atoms with Gasteiger partial charge < -0.3 is 15.0 Å². The highest BCUT2D eigenvalue weighted by molar-refractivity contribution is 5.89. The van der Waals surface area contributed by atoms with E-state index >= 15 is 0 Å². The van der Waals surface area contributed by atoms with Crippen LogP contribution in [0.1, 0.15) is 18.4 Å². The van der Waals surface area contributed by atoms with Gasteiger partial charge in [0.2, 0.25) is 0 Å². The maximum absolute atomic E-state index is 13.0. The van der Waals surface area contributed by atoms with Crippen LogP contribution >= 0.6 is 0 Å². The van der Waals surface area contributed by atoms with Gasteiger partial charge in [-0.25, -0.2) is 9.18 Å². The molecule has 0 aliphatic carbocycles. The van der Waals surface area contributed by atoms with Gasteiger partial charge >= 0.3 is 6.03 Å². The Morgan fingerprint density at radius 2 is 1.97 bits per heavy atom. The highest BCUT2D eigenvalue weighted by Gasteiger charge is 2.39. The molecule has 29 heavy (non-hydrogen) atoms.